The summed E-state index contributed by atoms with van der Waals surface area (Å²) in [5.41, 5.74) is 0. The standard InChI is InChI=1S/C7H18NO3P/c1-5-10-12(9,11-6-2)7-8(3)4/h5-7H2,1-4H3. The molecule has 4 nitrogen and oxygen atoms in total. The number of nitrogens with zero attached hydrogens (tertiary/aromatic N) is 1. The normalized spacial score (nSPS) is 12.4. The predicted octanol–water partition coefficient (Wildman–Crippen LogP) is 1.77. The first kappa shape index (κ1) is 12.1. The van der Waals surface area contributed by atoms with Crippen LogP contribution in [0, 0.1) is 0 Å². The first-order chi connectivity index (χ1) is 5.54. The van der Waals surface area contributed by atoms with Gasteiger partial charge in [0, 0.05) is 0 Å². The molecule has 12 heavy (non-hydrogen) atoms. The summed E-state index contributed by atoms with van der Waals surface area (Å²) >= 11 is 0. The fourth-order valence-electron chi connectivity index (χ4n) is 0.859. The van der Waals surface area contributed by atoms with Crippen molar-refractivity contribution in [3.63, 3.8) is 0 Å². The van der Waals surface area contributed by atoms with Crippen LogP contribution in [0.2, 0.25) is 0 Å². The second-order valence-electron chi connectivity index (χ2n) is 2.67. The zero-order valence-corrected chi connectivity index (χ0v) is 9.13. The van der Waals surface area contributed by atoms with Crippen LogP contribution in [-0.2, 0) is 13.6 Å². The van der Waals surface area contributed by atoms with Gasteiger partial charge in [-0.05, 0) is 27.9 Å². The molecular weight excluding hydrogens is 177 g/mol. The van der Waals surface area contributed by atoms with Gasteiger partial charge in [-0.15, -0.1) is 0 Å². The molecule has 0 spiro atoms. The first-order valence-corrected chi connectivity index (χ1v) is 5.79. The molecule has 0 bridgehead atoms. The number of rotatable bonds is 6. The van der Waals surface area contributed by atoms with Crippen molar-refractivity contribution in [1.82, 2.24) is 4.90 Å². The van der Waals surface area contributed by atoms with Gasteiger partial charge in [-0.1, -0.05) is 0 Å². The van der Waals surface area contributed by atoms with Gasteiger partial charge < -0.3 is 9.05 Å². The lowest BCUT2D eigenvalue weighted by molar-refractivity contribution is 0.208. The van der Waals surface area contributed by atoms with Crippen LogP contribution in [-0.4, -0.2) is 38.5 Å². The van der Waals surface area contributed by atoms with E-state index < -0.39 is 7.60 Å². The average Bonchev–Trinajstić information content (AvgIpc) is 1.85. The Bertz CT molecular complexity index is 151. The SMILES string of the molecule is CCOP(=O)(CN(C)C)OCC. The largest absolute Gasteiger partial charge is 0.344 e. The third-order valence-electron chi connectivity index (χ3n) is 1.11. The third kappa shape index (κ3) is 4.88. The van der Waals surface area contributed by atoms with Gasteiger partial charge in [0.1, 0.15) is 6.29 Å². The van der Waals surface area contributed by atoms with Crippen LogP contribution in [0.5, 0.6) is 0 Å². The van der Waals surface area contributed by atoms with Crippen LogP contribution in [0.1, 0.15) is 13.8 Å². The Morgan fingerprint density at radius 1 is 1.17 bits per heavy atom. The van der Waals surface area contributed by atoms with Crippen molar-refractivity contribution in [2.75, 3.05) is 33.6 Å². The monoisotopic (exact) mass is 195 g/mol. The first-order valence-electron chi connectivity index (χ1n) is 4.07. The molecule has 0 N–H and O–H groups in total. The molecule has 0 aromatic heterocycles. The Labute approximate surface area is 74.4 Å². The van der Waals surface area contributed by atoms with Gasteiger partial charge >= 0.3 is 7.60 Å². The van der Waals surface area contributed by atoms with E-state index in [1.54, 1.807) is 18.7 Å². The van der Waals surface area contributed by atoms with Crippen LogP contribution in [0.15, 0.2) is 0 Å². The summed E-state index contributed by atoms with van der Waals surface area (Å²) in [5.74, 6) is 0. The maximum atomic E-state index is 11.7. The maximum Gasteiger partial charge on any atom is 0.344 e. The fraction of sp³-hybridized carbons (Fsp3) is 1.00. The van der Waals surface area contributed by atoms with E-state index in [4.69, 9.17) is 9.05 Å². The molecule has 0 saturated carbocycles. The summed E-state index contributed by atoms with van der Waals surface area (Å²) in [6.45, 7) is 4.46. The van der Waals surface area contributed by atoms with Crippen LogP contribution in [0.3, 0.4) is 0 Å². The predicted molar refractivity (Wildman–Crippen MR) is 49.4 cm³/mol. The minimum atomic E-state index is -2.85. The molecule has 0 saturated heterocycles. The van der Waals surface area contributed by atoms with E-state index in [-0.39, 0.29) is 0 Å². The van der Waals surface area contributed by atoms with Crippen molar-refractivity contribution < 1.29 is 13.6 Å². The number of hydrogen-bond acceptors (Lipinski definition) is 4. The quantitative estimate of drug-likeness (QED) is 0.605. The molecule has 0 aromatic rings. The molecule has 74 valence electrons. The van der Waals surface area contributed by atoms with E-state index in [1.165, 1.54) is 0 Å². The topological polar surface area (TPSA) is 38.8 Å². The van der Waals surface area contributed by atoms with Gasteiger partial charge in [0.25, 0.3) is 0 Å². The van der Waals surface area contributed by atoms with E-state index in [0.717, 1.165) is 0 Å². The molecule has 0 unspecified atom stereocenters. The third-order valence-corrected chi connectivity index (χ3v) is 3.32. The zero-order valence-electron chi connectivity index (χ0n) is 8.24. The molecule has 0 aliphatic rings. The molecular formula is C7H18NO3P. The van der Waals surface area contributed by atoms with E-state index in [1.807, 2.05) is 14.1 Å². The lowest BCUT2D eigenvalue weighted by atomic mass is 10.9. The summed E-state index contributed by atoms with van der Waals surface area (Å²) in [5, 5.41) is 0. The maximum absolute atomic E-state index is 11.7. The molecule has 0 rings (SSSR count). The summed E-state index contributed by atoms with van der Waals surface area (Å²) < 4.78 is 21.9. The number of hydrogen-bond donors (Lipinski definition) is 0. The van der Waals surface area contributed by atoms with Gasteiger partial charge in [-0.3, -0.25) is 9.46 Å². The Morgan fingerprint density at radius 2 is 1.58 bits per heavy atom. The molecule has 5 heteroatoms. The van der Waals surface area contributed by atoms with Gasteiger partial charge in [0.05, 0.1) is 13.2 Å². The summed E-state index contributed by atoms with van der Waals surface area (Å²) in [6, 6.07) is 0. The van der Waals surface area contributed by atoms with Crippen molar-refractivity contribution in [3.05, 3.63) is 0 Å². The average molecular weight is 195 g/mol. The van der Waals surface area contributed by atoms with Crippen LogP contribution in [0.25, 0.3) is 0 Å². The van der Waals surface area contributed by atoms with Crippen molar-refractivity contribution in [2.45, 2.75) is 13.8 Å². The van der Waals surface area contributed by atoms with Crippen molar-refractivity contribution >= 4 is 7.60 Å². The van der Waals surface area contributed by atoms with Gasteiger partial charge in [-0.25, -0.2) is 0 Å². The van der Waals surface area contributed by atoms with E-state index in [9.17, 15) is 4.57 Å². The summed E-state index contributed by atoms with van der Waals surface area (Å²) in [6.07, 6.45) is 0.342. The molecule has 0 heterocycles. The van der Waals surface area contributed by atoms with Crippen LogP contribution >= 0.6 is 7.60 Å². The van der Waals surface area contributed by atoms with Crippen LogP contribution < -0.4 is 0 Å². The Balaban J connectivity index is 4.08. The van der Waals surface area contributed by atoms with Gasteiger partial charge in [0.15, 0.2) is 0 Å². The van der Waals surface area contributed by atoms with Crippen molar-refractivity contribution in [2.24, 2.45) is 0 Å². The molecule has 0 radical (unpaired) electrons. The minimum Gasteiger partial charge on any atom is -0.308 e. The minimum absolute atomic E-state index is 0.342. The summed E-state index contributed by atoms with van der Waals surface area (Å²) in [7, 11) is 0.826. The zero-order chi connectivity index (χ0) is 9.61. The highest BCUT2D eigenvalue weighted by Crippen LogP contribution is 2.47. The molecule has 0 fully saturated rings. The smallest absolute Gasteiger partial charge is 0.308 e. The Kier molecular flexibility index (Phi) is 5.76. The molecule has 0 aliphatic heterocycles. The molecule has 0 amide bonds. The van der Waals surface area contributed by atoms with Gasteiger partial charge in [0.2, 0.25) is 0 Å². The molecule has 0 aliphatic carbocycles. The highest BCUT2D eigenvalue weighted by molar-refractivity contribution is 7.53. The van der Waals surface area contributed by atoms with Crippen molar-refractivity contribution in [1.29, 1.82) is 0 Å². The Hall–Kier alpha value is 0.110. The van der Waals surface area contributed by atoms with Crippen molar-refractivity contribution in [3.8, 4) is 0 Å². The lowest BCUT2D eigenvalue weighted by Crippen LogP contribution is -2.16. The molecule has 0 aromatic carbocycles. The van der Waals surface area contributed by atoms with Gasteiger partial charge in [-0.2, -0.15) is 0 Å². The van der Waals surface area contributed by atoms with Crippen LogP contribution in [0.4, 0.5) is 0 Å². The second kappa shape index (κ2) is 5.70. The van der Waals surface area contributed by atoms with E-state index >= 15 is 0 Å². The summed E-state index contributed by atoms with van der Waals surface area (Å²) in [4.78, 5) is 1.80. The second-order valence-corrected chi connectivity index (χ2v) is 4.69. The van der Waals surface area contributed by atoms with E-state index in [2.05, 4.69) is 0 Å². The Morgan fingerprint density at radius 3 is 1.83 bits per heavy atom. The molecule has 0 atom stereocenters. The highest BCUT2D eigenvalue weighted by atomic mass is 31.2. The fourth-order valence-corrected chi connectivity index (χ4v) is 2.58. The lowest BCUT2D eigenvalue weighted by Gasteiger charge is -2.20. The van der Waals surface area contributed by atoms with E-state index in [0.29, 0.717) is 19.5 Å². The highest BCUT2D eigenvalue weighted by Gasteiger charge is 2.23.